The fraction of sp³-hybridized carbons (Fsp3) is 1.00. The first-order chi connectivity index (χ1) is 6.36. The summed E-state index contributed by atoms with van der Waals surface area (Å²) in [5.41, 5.74) is 0. The van der Waals surface area contributed by atoms with Crippen molar-refractivity contribution < 1.29 is 5.11 Å². The van der Waals surface area contributed by atoms with Crippen LogP contribution in [-0.4, -0.2) is 23.8 Å². The van der Waals surface area contributed by atoms with Crippen LogP contribution < -0.4 is 5.32 Å². The Balaban J connectivity index is 1.66. The Labute approximate surface area is 80.7 Å². The van der Waals surface area contributed by atoms with E-state index in [-0.39, 0.29) is 6.10 Å². The highest BCUT2D eigenvalue weighted by atomic mass is 16.3. The van der Waals surface area contributed by atoms with Crippen LogP contribution in [0.15, 0.2) is 0 Å². The van der Waals surface area contributed by atoms with E-state index in [0.29, 0.717) is 5.92 Å². The standard InChI is InChI=1S/C11H21NO/c13-11-7-3-4-9(11)8-12-10-5-1-2-6-10/h9-13H,1-8H2/t9-,11+/m1/s1. The minimum atomic E-state index is -0.0195. The maximum atomic E-state index is 9.62. The Morgan fingerprint density at radius 1 is 1.00 bits per heavy atom. The predicted octanol–water partition coefficient (Wildman–Crippen LogP) is 1.68. The molecule has 0 aromatic rings. The highest BCUT2D eigenvalue weighted by molar-refractivity contribution is 4.81. The molecule has 0 aromatic carbocycles. The van der Waals surface area contributed by atoms with E-state index in [4.69, 9.17) is 0 Å². The molecule has 2 fully saturated rings. The lowest BCUT2D eigenvalue weighted by Crippen LogP contribution is -2.33. The van der Waals surface area contributed by atoms with Crippen LogP contribution in [0.25, 0.3) is 0 Å². The van der Waals surface area contributed by atoms with Crippen LogP contribution >= 0.6 is 0 Å². The summed E-state index contributed by atoms with van der Waals surface area (Å²) in [4.78, 5) is 0. The van der Waals surface area contributed by atoms with Gasteiger partial charge in [-0.15, -0.1) is 0 Å². The molecule has 0 unspecified atom stereocenters. The van der Waals surface area contributed by atoms with Gasteiger partial charge in [-0.05, 0) is 31.6 Å². The minimum absolute atomic E-state index is 0.0195. The predicted molar refractivity (Wildman–Crippen MR) is 53.6 cm³/mol. The zero-order valence-electron chi connectivity index (χ0n) is 8.34. The molecule has 2 aliphatic carbocycles. The minimum Gasteiger partial charge on any atom is -0.393 e. The van der Waals surface area contributed by atoms with E-state index in [1.54, 1.807) is 0 Å². The second kappa shape index (κ2) is 4.43. The number of nitrogens with one attached hydrogen (secondary N) is 1. The van der Waals surface area contributed by atoms with Crippen LogP contribution in [0, 0.1) is 5.92 Å². The number of hydrogen-bond acceptors (Lipinski definition) is 2. The number of aliphatic hydroxyl groups excluding tert-OH is 1. The molecular weight excluding hydrogens is 162 g/mol. The fourth-order valence-electron chi connectivity index (χ4n) is 2.70. The molecule has 0 spiro atoms. The Kier molecular flexibility index (Phi) is 3.23. The van der Waals surface area contributed by atoms with Gasteiger partial charge in [0.25, 0.3) is 0 Å². The highest BCUT2D eigenvalue weighted by Crippen LogP contribution is 2.25. The molecule has 13 heavy (non-hydrogen) atoms. The third-order valence-electron chi connectivity index (χ3n) is 3.64. The molecule has 2 nitrogen and oxygen atoms in total. The Morgan fingerprint density at radius 2 is 1.77 bits per heavy atom. The van der Waals surface area contributed by atoms with Crippen molar-refractivity contribution in [2.75, 3.05) is 6.54 Å². The average Bonchev–Trinajstić information content (AvgIpc) is 2.72. The molecule has 0 radical (unpaired) electrons. The van der Waals surface area contributed by atoms with Gasteiger partial charge >= 0.3 is 0 Å². The van der Waals surface area contributed by atoms with Gasteiger partial charge in [0.05, 0.1) is 6.10 Å². The van der Waals surface area contributed by atoms with Crippen molar-refractivity contribution in [1.82, 2.24) is 5.32 Å². The van der Waals surface area contributed by atoms with E-state index < -0.39 is 0 Å². The zero-order valence-corrected chi connectivity index (χ0v) is 8.34. The summed E-state index contributed by atoms with van der Waals surface area (Å²) in [6, 6.07) is 0.757. The molecule has 2 N–H and O–H groups in total. The largest absolute Gasteiger partial charge is 0.393 e. The lowest BCUT2D eigenvalue weighted by Gasteiger charge is -2.18. The molecule has 76 valence electrons. The van der Waals surface area contributed by atoms with Gasteiger partial charge in [0, 0.05) is 12.6 Å². The monoisotopic (exact) mass is 183 g/mol. The molecular formula is C11H21NO. The summed E-state index contributed by atoms with van der Waals surface area (Å²) in [7, 11) is 0. The second-order valence-electron chi connectivity index (χ2n) is 4.65. The van der Waals surface area contributed by atoms with Crippen molar-refractivity contribution in [2.24, 2.45) is 5.92 Å². The average molecular weight is 183 g/mol. The van der Waals surface area contributed by atoms with E-state index >= 15 is 0 Å². The number of aliphatic hydroxyl groups is 1. The molecule has 0 saturated heterocycles. The van der Waals surface area contributed by atoms with Gasteiger partial charge in [-0.1, -0.05) is 19.3 Å². The first kappa shape index (κ1) is 9.47. The molecule has 2 saturated carbocycles. The molecule has 0 amide bonds. The maximum absolute atomic E-state index is 9.62. The maximum Gasteiger partial charge on any atom is 0.0580 e. The smallest absolute Gasteiger partial charge is 0.0580 e. The summed E-state index contributed by atoms with van der Waals surface area (Å²) in [6.07, 6.45) is 8.94. The van der Waals surface area contributed by atoms with Gasteiger partial charge in [-0.2, -0.15) is 0 Å². The highest BCUT2D eigenvalue weighted by Gasteiger charge is 2.25. The van der Waals surface area contributed by atoms with Crippen molar-refractivity contribution in [1.29, 1.82) is 0 Å². The fourth-order valence-corrected chi connectivity index (χ4v) is 2.70. The van der Waals surface area contributed by atoms with Crippen molar-refractivity contribution in [3.05, 3.63) is 0 Å². The van der Waals surface area contributed by atoms with Crippen molar-refractivity contribution >= 4 is 0 Å². The van der Waals surface area contributed by atoms with Crippen LogP contribution in [-0.2, 0) is 0 Å². The lowest BCUT2D eigenvalue weighted by atomic mass is 10.1. The third-order valence-corrected chi connectivity index (χ3v) is 3.64. The molecule has 0 aliphatic heterocycles. The van der Waals surface area contributed by atoms with Crippen molar-refractivity contribution in [2.45, 2.75) is 57.1 Å². The summed E-state index contributed by atoms with van der Waals surface area (Å²) in [5, 5.41) is 13.2. The van der Waals surface area contributed by atoms with E-state index in [1.165, 1.54) is 38.5 Å². The summed E-state index contributed by atoms with van der Waals surface area (Å²) >= 11 is 0. The molecule has 2 atom stereocenters. The van der Waals surface area contributed by atoms with E-state index in [9.17, 15) is 5.11 Å². The molecule has 2 aliphatic rings. The summed E-state index contributed by atoms with van der Waals surface area (Å²) in [6.45, 7) is 1.05. The second-order valence-corrected chi connectivity index (χ2v) is 4.65. The topological polar surface area (TPSA) is 32.3 Å². The van der Waals surface area contributed by atoms with Crippen LogP contribution in [0.2, 0.25) is 0 Å². The number of hydrogen-bond donors (Lipinski definition) is 2. The van der Waals surface area contributed by atoms with E-state index in [0.717, 1.165) is 19.0 Å². The van der Waals surface area contributed by atoms with Gasteiger partial charge in [-0.3, -0.25) is 0 Å². The van der Waals surface area contributed by atoms with Gasteiger partial charge < -0.3 is 10.4 Å². The first-order valence-electron chi connectivity index (χ1n) is 5.78. The lowest BCUT2D eigenvalue weighted by molar-refractivity contribution is 0.130. The Morgan fingerprint density at radius 3 is 2.38 bits per heavy atom. The molecule has 2 heteroatoms. The summed E-state index contributed by atoms with van der Waals surface area (Å²) in [5.74, 6) is 0.542. The molecule has 0 aromatic heterocycles. The van der Waals surface area contributed by atoms with Crippen LogP contribution in [0.4, 0.5) is 0 Å². The molecule has 0 heterocycles. The van der Waals surface area contributed by atoms with Gasteiger partial charge in [0.15, 0.2) is 0 Å². The van der Waals surface area contributed by atoms with E-state index in [2.05, 4.69) is 5.32 Å². The normalized spacial score (nSPS) is 35.8. The van der Waals surface area contributed by atoms with Crippen molar-refractivity contribution in [3.63, 3.8) is 0 Å². The molecule has 2 rings (SSSR count). The number of rotatable bonds is 3. The Hall–Kier alpha value is -0.0800. The SMILES string of the molecule is O[C@H]1CCC[C@@H]1CNC1CCCC1. The Bertz CT molecular complexity index is 154. The molecule has 0 bridgehead atoms. The summed E-state index contributed by atoms with van der Waals surface area (Å²) < 4.78 is 0. The quantitative estimate of drug-likeness (QED) is 0.697. The van der Waals surface area contributed by atoms with Gasteiger partial charge in [-0.25, -0.2) is 0 Å². The van der Waals surface area contributed by atoms with Gasteiger partial charge in [0.2, 0.25) is 0 Å². The van der Waals surface area contributed by atoms with Crippen LogP contribution in [0.5, 0.6) is 0 Å². The van der Waals surface area contributed by atoms with Gasteiger partial charge in [0.1, 0.15) is 0 Å². The zero-order chi connectivity index (χ0) is 9.10. The van der Waals surface area contributed by atoms with Crippen LogP contribution in [0.1, 0.15) is 44.9 Å². The van der Waals surface area contributed by atoms with Crippen LogP contribution in [0.3, 0.4) is 0 Å². The first-order valence-corrected chi connectivity index (χ1v) is 5.78. The van der Waals surface area contributed by atoms with E-state index in [1.807, 2.05) is 0 Å². The van der Waals surface area contributed by atoms with Crippen molar-refractivity contribution in [3.8, 4) is 0 Å². The third kappa shape index (κ3) is 2.44.